The Hall–Kier alpha value is -3.26. The Labute approximate surface area is 186 Å². The highest BCUT2D eigenvalue weighted by molar-refractivity contribution is 8.00. The monoisotopic (exact) mass is 458 g/mol. The van der Waals surface area contributed by atoms with Gasteiger partial charge in [0, 0.05) is 34.2 Å². The zero-order valence-corrected chi connectivity index (χ0v) is 17.5. The van der Waals surface area contributed by atoms with Crippen LogP contribution in [-0.4, -0.2) is 16.2 Å². The van der Waals surface area contributed by atoms with E-state index in [2.05, 4.69) is 5.32 Å². The first-order valence-corrected chi connectivity index (χ1v) is 10.7. The average molecular weight is 458 g/mol. The first-order chi connectivity index (χ1) is 15.3. The van der Waals surface area contributed by atoms with Crippen LogP contribution in [0.2, 0.25) is 0 Å². The van der Waals surface area contributed by atoms with Crippen LogP contribution in [0.15, 0.2) is 83.9 Å². The topological polar surface area (TPSA) is 34.0 Å². The number of alkyl halides is 3. The predicted octanol–water partition coefficient (Wildman–Crippen LogP) is 6.58. The molecule has 0 saturated heterocycles. The summed E-state index contributed by atoms with van der Waals surface area (Å²) in [6.45, 7) is 0.539. The van der Waals surface area contributed by atoms with Crippen molar-refractivity contribution in [3.63, 3.8) is 0 Å². The van der Waals surface area contributed by atoms with Crippen LogP contribution in [0.3, 0.4) is 0 Å². The molecule has 164 valence electrons. The quantitative estimate of drug-likeness (QED) is 0.262. The van der Waals surface area contributed by atoms with E-state index in [4.69, 9.17) is 0 Å². The van der Waals surface area contributed by atoms with Gasteiger partial charge in [-0.3, -0.25) is 4.79 Å². The molecular weight excluding hydrogens is 440 g/mol. The Kier molecular flexibility index (Phi) is 6.23. The first-order valence-electron chi connectivity index (χ1n) is 9.72. The fourth-order valence-corrected chi connectivity index (χ4v) is 4.25. The standard InChI is InChI=1S/C24H18F4N2OS/c25-18-10-8-16(9-11-18)13-30-14-22(20-6-1-2-7-21(20)30)32-15-23(31)29-19-5-3-4-17(12-19)24(26,27)28/h1-12,14H,13,15H2,(H,29,31). The van der Waals surface area contributed by atoms with Gasteiger partial charge in [0.2, 0.25) is 5.91 Å². The Balaban J connectivity index is 1.47. The fourth-order valence-electron chi connectivity index (χ4n) is 3.36. The molecule has 1 aromatic heterocycles. The van der Waals surface area contributed by atoms with Crippen LogP contribution in [0.4, 0.5) is 23.2 Å². The number of amides is 1. The lowest BCUT2D eigenvalue weighted by atomic mass is 10.2. The number of aromatic nitrogens is 1. The lowest BCUT2D eigenvalue weighted by Gasteiger charge is -2.09. The van der Waals surface area contributed by atoms with Crippen molar-refractivity contribution in [3.05, 3.63) is 95.9 Å². The van der Waals surface area contributed by atoms with Gasteiger partial charge in [-0.1, -0.05) is 36.4 Å². The van der Waals surface area contributed by atoms with Crippen molar-refractivity contribution in [3.8, 4) is 0 Å². The normalized spacial score (nSPS) is 11.6. The number of thioether (sulfide) groups is 1. The molecule has 0 spiro atoms. The molecule has 0 aliphatic carbocycles. The summed E-state index contributed by atoms with van der Waals surface area (Å²) in [6.07, 6.45) is -2.54. The third-order valence-corrected chi connectivity index (χ3v) is 5.89. The Bertz CT molecular complexity index is 1250. The van der Waals surface area contributed by atoms with Crippen molar-refractivity contribution < 1.29 is 22.4 Å². The van der Waals surface area contributed by atoms with Gasteiger partial charge in [-0.2, -0.15) is 13.2 Å². The molecule has 3 nitrogen and oxygen atoms in total. The van der Waals surface area contributed by atoms with E-state index in [1.807, 2.05) is 35.0 Å². The molecule has 0 aliphatic rings. The number of carbonyl (C=O) groups is 1. The summed E-state index contributed by atoms with van der Waals surface area (Å²) in [6, 6.07) is 18.5. The molecule has 8 heteroatoms. The zero-order valence-electron chi connectivity index (χ0n) is 16.7. The molecular formula is C24H18F4N2OS. The molecule has 0 aliphatic heterocycles. The molecule has 32 heavy (non-hydrogen) atoms. The molecule has 1 N–H and O–H groups in total. The number of nitrogens with zero attached hydrogens (tertiary/aromatic N) is 1. The van der Waals surface area contributed by atoms with E-state index in [1.54, 1.807) is 12.1 Å². The minimum Gasteiger partial charge on any atom is -0.342 e. The van der Waals surface area contributed by atoms with Crippen molar-refractivity contribution >= 4 is 34.3 Å². The van der Waals surface area contributed by atoms with Gasteiger partial charge in [-0.15, -0.1) is 11.8 Å². The summed E-state index contributed by atoms with van der Waals surface area (Å²) in [7, 11) is 0. The number of benzene rings is 3. The first kappa shape index (κ1) is 22.0. The van der Waals surface area contributed by atoms with Gasteiger partial charge >= 0.3 is 6.18 Å². The molecule has 4 aromatic rings. The minimum absolute atomic E-state index is 0.0425. The predicted molar refractivity (Wildman–Crippen MR) is 118 cm³/mol. The molecule has 0 atom stereocenters. The number of anilines is 1. The van der Waals surface area contributed by atoms with Gasteiger partial charge in [-0.05, 0) is 42.0 Å². The summed E-state index contributed by atoms with van der Waals surface area (Å²) in [5, 5.41) is 3.49. The van der Waals surface area contributed by atoms with E-state index in [9.17, 15) is 22.4 Å². The maximum atomic E-state index is 13.2. The van der Waals surface area contributed by atoms with Crippen LogP contribution < -0.4 is 5.32 Å². The van der Waals surface area contributed by atoms with Crippen molar-refractivity contribution in [1.82, 2.24) is 4.57 Å². The van der Waals surface area contributed by atoms with Crippen LogP contribution in [-0.2, 0) is 17.5 Å². The largest absolute Gasteiger partial charge is 0.416 e. The molecule has 4 rings (SSSR count). The number of fused-ring (bicyclic) bond motifs is 1. The van der Waals surface area contributed by atoms with Crippen LogP contribution >= 0.6 is 11.8 Å². The lowest BCUT2D eigenvalue weighted by molar-refractivity contribution is -0.137. The van der Waals surface area contributed by atoms with Crippen LogP contribution in [0, 0.1) is 5.82 Å². The van der Waals surface area contributed by atoms with E-state index in [0.29, 0.717) is 6.54 Å². The highest BCUT2D eigenvalue weighted by atomic mass is 32.2. The summed E-state index contributed by atoms with van der Waals surface area (Å²) >= 11 is 1.31. The highest BCUT2D eigenvalue weighted by Crippen LogP contribution is 2.32. The van der Waals surface area contributed by atoms with E-state index in [1.165, 1.54) is 36.0 Å². The molecule has 0 fully saturated rings. The lowest BCUT2D eigenvalue weighted by Crippen LogP contribution is -2.15. The number of hydrogen-bond acceptors (Lipinski definition) is 2. The summed E-state index contributed by atoms with van der Waals surface area (Å²) in [5.74, 6) is -0.653. The number of rotatable bonds is 6. The van der Waals surface area contributed by atoms with E-state index >= 15 is 0 Å². The molecule has 1 amide bonds. The number of carbonyl (C=O) groups excluding carboxylic acids is 1. The van der Waals surface area contributed by atoms with Gasteiger partial charge in [0.05, 0.1) is 11.3 Å². The molecule has 1 heterocycles. The van der Waals surface area contributed by atoms with Gasteiger partial charge in [-0.25, -0.2) is 4.39 Å². The fraction of sp³-hybridized carbons (Fsp3) is 0.125. The number of halogens is 4. The van der Waals surface area contributed by atoms with Gasteiger partial charge < -0.3 is 9.88 Å². The second kappa shape index (κ2) is 9.08. The van der Waals surface area contributed by atoms with Crippen LogP contribution in [0.25, 0.3) is 10.9 Å². The van der Waals surface area contributed by atoms with Crippen LogP contribution in [0.1, 0.15) is 11.1 Å². The zero-order chi connectivity index (χ0) is 22.7. The smallest absolute Gasteiger partial charge is 0.342 e. The number of para-hydroxylation sites is 1. The van der Waals surface area contributed by atoms with E-state index in [0.717, 1.165) is 33.5 Å². The third kappa shape index (κ3) is 5.13. The van der Waals surface area contributed by atoms with Crippen molar-refractivity contribution in [2.45, 2.75) is 17.6 Å². The Morgan fingerprint density at radius 2 is 1.72 bits per heavy atom. The van der Waals surface area contributed by atoms with Gasteiger partial charge in [0.1, 0.15) is 5.82 Å². The summed E-state index contributed by atoms with van der Waals surface area (Å²) < 4.78 is 53.8. The number of nitrogens with one attached hydrogen (secondary N) is 1. The molecule has 3 aromatic carbocycles. The van der Waals surface area contributed by atoms with Crippen molar-refractivity contribution in [2.24, 2.45) is 0 Å². The second-order valence-corrected chi connectivity index (χ2v) is 8.20. The summed E-state index contributed by atoms with van der Waals surface area (Å²) in [4.78, 5) is 13.2. The third-order valence-electron chi connectivity index (χ3n) is 4.85. The van der Waals surface area contributed by atoms with Gasteiger partial charge in [0.25, 0.3) is 0 Å². The van der Waals surface area contributed by atoms with E-state index in [-0.39, 0.29) is 17.3 Å². The summed E-state index contributed by atoms with van der Waals surface area (Å²) in [5.41, 5.74) is 1.19. The van der Waals surface area contributed by atoms with Crippen molar-refractivity contribution in [1.29, 1.82) is 0 Å². The molecule has 0 radical (unpaired) electrons. The second-order valence-electron chi connectivity index (χ2n) is 7.18. The molecule has 0 unspecified atom stereocenters. The van der Waals surface area contributed by atoms with Crippen molar-refractivity contribution in [2.75, 3.05) is 11.1 Å². The average Bonchev–Trinajstić information content (AvgIpc) is 3.11. The Morgan fingerprint density at radius 3 is 2.47 bits per heavy atom. The maximum absolute atomic E-state index is 13.2. The van der Waals surface area contributed by atoms with E-state index < -0.39 is 17.6 Å². The molecule has 0 saturated carbocycles. The highest BCUT2D eigenvalue weighted by Gasteiger charge is 2.30. The van der Waals surface area contributed by atoms with Crippen LogP contribution in [0.5, 0.6) is 0 Å². The SMILES string of the molecule is O=C(CSc1cn(Cc2ccc(F)cc2)c2ccccc12)Nc1cccc(C(F)(F)F)c1. The number of hydrogen-bond donors (Lipinski definition) is 1. The Morgan fingerprint density at radius 1 is 0.969 bits per heavy atom. The maximum Gasteiger partial charge on any atom is 0.416 e. The minimum atomic E-state index is -4.47. The van der Waals surface area contributed by atoms with Gasteiger partial charge in [0.15, 0.2) is 0 Å². The molecule has 0 bridgehead atoms.